The molecule has 0 radical (unpaired) electrons. The summed E-state index contributed by atoms with van der Waals surface area (Å²) < 4.78 is 5.02. The van der Waals surface area contributed by atoms with E-state index in [0.717, 1.165) is 11.4 Å². The maximum atomic E-state index is 10.9. The van der Waals surface area contributed by atoms with Crippen molar-refractivity contribution in [3.63, 3.8) is 0 Å². The Kier molecular flexibility index (Phi) is 3.19. The largest absolute Gasteiger partial charge is 0.497 e. The molecule has 0 heterocycles. The number of carbonyl (C=O) groups is 1. The predicted molar refractivity (Wildman–Crippen MR) is 55.8 cm³/mol. The Morgan fingerprint density at radius 2 is 2.23 bits per heavy atom. The van der Waals surface area contributed by atoms with Crippen LogP contribution >= 0.6 is 12.6 Å². The van der Waals surface area contributed by atoms with E-state index >= 15 is 0 Å². The molecular weight excluding hydrogens is 186 g/mol. The van der Waals surface area contributed by atoms with Gasteiger partial charge in [0.05, 0.1) is 7.11 Å². The molecule has 70 valence electrons. The number of benzene rings is 1. The predicted octanol–water partition coefficient (Wildman–Crippen LogP) is 2.18. The molecule has 3 nitrogen and oxygen atoms in total. The van der Waals surface area contributed by atoms with E-state index in [1.165, 1.54) is 4.90 Å². The Labute approximate surface area is 82.7 Å². The molecule has 13 heavy (non-hydrogen) atoms. The molecule has 0 saturated carbocycles. The molecule has 1 rings (SSSR count). The fourth-order valence-electron chi connectivity index (χ4n) is 0.930. The first kappa shape index (κ1) is 9.92. The second-order valence-electron chi connectivity index (χ2n) is 2.54. The number of methoxy groups -OCH3 is 1. The number of nitrogens with zero attached hydrogens (tertiary/aromatic N) is 1. The van der Waals surface area contributed by atoms with Gasteiger partial charge in [-0.1, -0.05) is 18.7 Å². The number of amides is 1. The van der Waals surface area contributed by atoms with Gasteiger partial charge in [-0.3, -0.25) is 4.79 Å². The van der Waals surface area contributed by atoms with Crippen molar-refractivity contribution >= 4 is 23.6 Å². The number of anilines is 1. The molecule has 1 aromatic rings. The molecule has 0 spiro atoms. The van der Waals surface area contributed by atoms with Crippen molar-refractivity contribution in [2.75, 3.05) is 19.1 Å². The lowest BCUT2D eigenvalue weighted by atomic mass is 10.3. The van der Waals surface area contributed by atoms with E-state index in [9.17, 15) is 4.79 Å². The fraction of sp³-hybridized carbons (Fsp3) is 0.222. The molecule has 1 aromatic carbocycles. The van der Waals surface area contributed by atoms with Gasteiger partial charge in [0.2, 0.25) is 0 Å². The van der Waals surface area contributed by atoms with Gasteiger partial charge < -0.3 is 9.64 Å². The third kappa shape index (κ3) is 2.39. The molecule has 0 N–H and O–H groups in total. The van der Waals surface area contributed by atoms with Crippen LogP contribution in [0.1, 0.15) is 0 Å². The van der Waals surface area contributed by atoms with E-state index in [1.54, 1.807) is 20.2 Å². The van der Waals surface area contributed by atoms with E-state index in [0.29, 0.717) is 0 Å². The first-order valence-electron chi connectivity index (χ1n) is 3.76. The Bertz CT molecular complexity index is 314. The van der Waals surface area contributed by atoms with E-state index in [-0.39, 0.29) is 5.24 Å². The third-order valence-corrected chi connectivity index (χ3v) is 2.03. The number of hydrogen-bond donors (Lipinski definition) is 1. The highest BCUT2D eigenvalue weighted by atomic mass is 32.1. The molecule has 4 heteroatoms. The van der Waals surface area contributed by atoms with Crippen molar-refractivity contribution in [1.29, 1.82) is 0 Å². The number of rotatable bonds is 2. The van der Waals surface area contributed by atoms with Gasteiger partial charge in [-0.2, -0.15) is 0 Å². The number of thiol groups is 1. The minimum atomic E-state index is -0.298. The lowest BCUT2D eigenvalue weighted by molar-refractivity contribution is 0.266. The Morgan fingerprint density at radius 3 is 2.77 bits per heavy atom. The van der Waals surface area contributed by atoms with Gasteiger partial charge >= 0.3 is 0 Å². The molecule has 0 saturated heterocycles. The standard InChI is InChI=1S/C9H11NO2S/c1-10(9(11)13)7-4-3-5-8(6-7)12-2/h3-6H,1-2H3,(H,11,13). The Morgan fingerprint density at radius 1 is 1.54 bits per heavy atom. The van der Waals surface area contributed by atoms with Gasteiger partial charge in [-0.25, -0.2) is 0 Å². The third-order valence-electron chi connectivity index (χ3n) is 1.73. The summed E-state index contributed by atoms with van der Waals surface area (Å²) in [6, 6.07) is 7.23. The molecule has 0 bridgehead atoms. The van der Waals surface area contributed by atoms with Gasteiger partial charge in [0.25, 0.3) is 5.24 Å². The maximum Gasteiger partial charge on any atom is 0.282 e. The second-order valence-corrected chi connectivity index (χ2v) is 2.93. The summed E-state index contributed by atoms with van der Waals surface area (Å²) in [5.41, 5.74) is 0.763. The van der Waals surface area contributed by atoms with Crippen LogP contribution in [0.5, 0.6) is 5.75 Å². The van der Waals surface area contributed by atoms with Gasteiger partial charge in [0.1, 0.15) is 5.75 Å². The highest BCUT2D eigenvalue weighted by Gasteiger charge is 2.06. The molecule has 0 fully saturated rings. The molecule has 0 aliphatic rings. The highest BCUT2D eigenvalue weighted by molar-refractivity contribution is 7.96. The minimum absolute atomic E-state index is 0.298. The number of carbonyl (C=O) groups excluding carboxylic acids is 1. The topological polar surface area (TPSA) is 29.5 Å². The van der Waals surface area contributed by atoms with Crippen molar-refractivity contribution < 1.29 is 9.53 Å². The highest BCUT2D eigenvalue weighted by Crippen LogP contribution is 2.20. The van der Waals surface area contributed by atoms with Gasteiger partial charge in [-0.05, 0) is 12.1 Å². The smallest absolute Gasteiger partial charge is 0.282 e. The zero-order valence-corrected chi connectivity index (χ0v) is 8.41. The summed E-state index contributed by atoms with van der Waals surface area (Å²) in [7, 11) is 3.24. The minimum Gasteiger partial charge on any atom is -0.497 e. The lowest BCUT2D eigenvalue weighted by Crippen LogP contribution is -2.19. The summed E-state index contributed by atoms with van der Waals surface area (Å²) in [6.07, 6.45) is 0. The molecule has 0 aliphatic heterocycles. The monoisotopic (exact) mass is 197 g/mol. The maximum absolute atomic E-state index is 10.9. The first-order valence-corrected chi connectivity index (χ1v) is 4.20. The molecule has 0 aliphatic carbocycles. The zero-order valence-electron chi connectivity index (χ0n) is 7.52. The van der Waals surface area contributed by atoms with Crippen LogP contribution in [0.25, 0.3) is 0 Å². The second kappa shape index (κ2) is 4.18. The van der Waals surface area contributed by atoms with Crippen LogP contribution in [0, 0.1) is 0 Å². The van der Waals surface area contributed by atoms with E-state index in [1.807, 2.05) is 18.2 Å². The summed E-state index contributed by atoms with van der Waals surface area (Å²) in [4.78, 5) is 12.3. The van der Waals surface area contributed by atoms with Crippen molar-refractivity contribution in [3.05, 3.63) is 24.3 Å². The van der Waals surface area contributed by atoms with Crippen LogP contribution in [-0.2, 0) is 0 Å². The number of hydrogen-bond acceptors (Lipinski definition) is 2. The Hall–Kier alpha value is -1.16. The van der Waals surface area contributed by atoms with Gasteiger partial charge in [0.15, 0.2) is 0 Å². The first-order chi connectivity index (χ1) is 6.15. The summed E-state index contributed by atoms with van der Waals surface area (Å²) >= 11 is 3.71. The van der Waals surface area contributed by atoms with Crippen molar-refractivity contribution in [1.82, 2.24) is 0 Å². The summed E-state index contributed by atoms with van der Waals surface area (Å²) in [5.74, 6) is 0.721. The normalized spacial score (nSPS) is 9.46. The zero-order chi connectivity index (χ0) is 9.84. The van der Waals surface area contributed by atoms with Gasteiger partial charge in [-0.15, -0.1) is 0 Å². The van der Waals surface area contributed by atoms with Crippen LogP contribution in [0.3, 0.4) is 0 Å². The average Bonchev–Trinajstić information content (AvgIpc) is 2.16. The quantitative estimate of drug-likeness (QED) is 0.736. The fourth-order valence-corrected chi connectivity index (χ4v) is 1.05. The van der Waals surface area contributed by atoms with E-state index < -0.39 is 0 Å². The summed E-state index contributed by atoms with van der Waals surface area (Å²) in [5, 5.41) is -0.298. The van der Waals surface area contributed by atoms with Crippen molar-refractivity contribution in [2.24, 2.45) is 0 Å². The summed E-state index contributed by atoms with van der Waals surface area (Å²) in [6.45, 7) is 0. The number of ether oxygens (including phenoxy) is 1. The molecular formula is C9H11NO2S. The van der Waals surface area contributed by atoms with Crippen LogP contribution in [0.2, 0.25) is 0 Å². The van der Waals surface area contributed by atoms with Crippen LogP contribution in [-0.4, -0.2) is 19.4 Å². The van der Waals surface area contributed by atoms with Crippen LogP contribution in [0.15, 0.2) is 24.3 Å². The molecule has 0 aromatic heterocycles. The van der Waals surface area contributed by atoms with E-state index in [4.69, 9.17) is 4.74 Å². The molecule has 0 unspecified atom stereocenters. The van der Waals surface area contributed by atoms with Crippen molar-refractivity contribution in [2.45, 2.75) is 0 Å². The van der Waals surface area contributed by atoms with Crippen molar-refractivity contribution in [3.8, 4) is 5.75 Å². The van der Waals surface area contributed by atoms with Crippen LogP contribution in [0.4, 0.5) is 10.5 Å². The van der Waals surface area contributed by atoms with E-state index in [2.05, 4.69) is 12.6 Å². The Balaban J connectivity index is 2.94. The SMILES string of the molecule is COc1cccc(N(C)C(=O)S)c1. The van der Waals surface area contributed by atoms with Crippen LogP contribution < -0.4 is 9.64 Å². The van der Waals surface area contributed by atoms with Gasteiger partial charge in [0, 0.05) is 18.8 Å². The average molecular weight is 197 g/mol. The molecule has 0 atom stereocenters. The molecule has 1 amide bonds. The lowest BCUT2D eigenvalue weighted by Gasteiger charge is -2.14.